The Morgan fingerprint density at radius 3 is 1.22 bits per heavy atom. The first-order valence-corrected chi connectivity index (χ1v) is 31.6. The summed E-state index contributed by atoms with van der Waals surface area (Å²) in [5.74, 6) is -3.12. The second-order valence-electron chi connectivity index (χ2n) is 21.7. The molecular formula is C65H114O12. The molecule has 0 aliphatic carbocycles. The average Bonchev–Trinajstić information content (AvgIpc) is 3.42. The van der Waals surface area contributed by atoms with Gasteiger partial charge in [-0.05, 0) is 83.5 Å². The molecule has 6 atom stereocenters. The minimum atomic E-state index is -1.90. The van der Waals surface area contributed by atoms with Crippen molar-refractivity contribution in [3.8, 4) is 0 Å². The summed E-state index contributed by atoms with van der Waals surface area (Å²) in [6, 6.07) is 0. The smallest absolute Gasteiger partial charge is 0.335 e. The Morgan fingerprint density at radius 1 is 0.429 bits per heavy atom. The van der Waals surface area contributed by atoms with Crippen LogP contribution in [-0.2, 0) is 42.9 Å². The number of carboxylic acid groups (broad SMARTS) is 1. The predicted molar refractivity (Wildman–Crippen MR) is 312 cm³/mol. The van der Waals surface area contributed by atoms with Crippen LogP contribution in [0.2, 0.25) is 0 Å². The van der Waals surface area contributed by atoms with Gasteiger partial charge in [0.1, 0.15) is 18.8 Å². The Bertz CT molecular complexity index is 1520. The van der Waals surface area contributed by atoms with E-state index in [-0.39, 0.29) is 25.9 Å². The largest absolute Gasteiger partial charge is 0.479 e. The summed E-state index contributed by atoms with van der Waals surface area (Å²) in [6.07, 6.45) is 52.3. The molecule has 0 aromatic heterocycles. The van der Waals surface area contributed by atoms with Crippen molar-refractivity contribution < 1.29 is 58.2 Å². The van der Waals surface area contributed by atoms with Crippen LogP contribution in [0, 0.1) is 0 Å². The molecule has 1 aliphatic heterocycles. The van der Waals surface area contributed by atoms with Gasteiger partial charge >= 0.3 is 23.9 Å². The van der Waals surface area contributed by atoms with Crippen LogP contribution in [0.4, 0.5) is 0 Å². The summed E-state index contributed by atoms with van der Waals surface area (Å²) in [5, 5.41) is 31.5. The maximum atomic E-state index is 13.1. The highest BCUT2D eigenvalue weighted by atomic mass is 16.7. The number of allylic oxidation sites excluding steroid dienone is 8. The number of ether oxygens (including phenoxy) is 5. The van der Waals surface area contributed by atoms with Gasteiger partial charge in [0, 0.05) is 19.3 Å². The molecule has 12 heteroatoms. The topological polar surface area (TPSA) is 175 Å². The molecule has 77 heavy (non-hydrogen) atoms. The van der Waals surface area contributed by atoms with E-state index in [1.165, 1.54) is 128 Å². The van der Waals surface area contributed by atoms with Crippen LogP contribution in [0.1, 0.15) is 290 Å². The first kappa shape index (κ1) is 71.7. The van der Waals surface area contributed by atoms with Gasteiger partial charge in [-0.15, -0.1) is 0 Å². The van der Waals surface area contributed by atoms with E-state index in [0.717, 1.165) is 103 Å². The van der Waals surface area contributed by atoms with Gasteiger partial charge < -0.3 is 39.0 Å². The van der Waals surface area contributed by atoms with Crippen molar-refractivity contribution in [3.63, 3.8) is 0 Å². The van der Waals surface area contributed by atoms with Gasteiger partial charge in [-0.25, -0.2) is 4.79 Å². The fourth-order valence-corrected chi connectivity index (χ4v) is 9.49. The third-order valence-corrected chi connectivity index (χ3v) is 14.4. The highest BCUT2D eigenvalue weighted by Gasteiger charge is 2.50. The zero-order valence-corrected chi connectivity index (χ0v) is 49.2. The number of aliphatic hydroxyl groups excluding tert-OH is 2. The number of carbonyl (C=O) groups is 4. The van der Waals surface area contributed by atoms with Crippen molar-refractivity contribution >= 4 is 23.9 Å². The van der Waals surface area contributed by atoms with Gasteiger partial charge in [0.2, 0.25) is 0 Å². The van der Waals surface area contributed by atoms with Crippen molar-refractivity contribution in [3.05, 3.63) is 48.6 Å². The Kier molecular flexibility index (Phi) is 49.7. The van der Waals surface area contributed by atoms with E-state index in [2.05, 4.69) is 69.4 Å². The first-order chi connectivity index (χ1) is 37.6. The minimum absolute atomic E-state index is 0.0592. The molecule has 0 aromatic rings. The summed E-state index contributed by atoms with van der Waals surface area (Å²) < 4.78 is 28.4. The van der Waals surface area contributed by atoms with Gasteiger partial charge in [-0.2, -0.15) is 0 Å². The molecular weight excluding hydrogens is 973 g/mol. The van der Waals surface area contributed by atoms with Gasteiger partial charge in [-0.1, -0.05) is 236 Å². The van der Waals surface area contributed by atoms with Crippen LogP contribution < -0.4 is 0 Å². The quantitative estimate of drug-likeness (QED) is 0.0228. The summed E-state index contributed by atoms with van der Waals surface area (Å²) in [7, 11) is 0. The molecule has 0 radical (unpaired) electrons. The number of aliphatic hydroxyl groups is 2. The number of aliphatic carboxylic acids is 1. The highest BCUT2D eigenvalue weighted by molar-refractivity contribution is 5.74. The van der Waals surface area contributed by atoms with E-state index in [0.29, 0.717) is 19.3 Å². The lowest BCUT2D eigenvalue weighted by atomic mass is 9.98. The maximum absolute atomic E-state index is 13.1. The Balaban J connectivity index is 2.60. The summed E-state index contributed by atoms with van der Waals surface area (Å²) in [6.45, 7) is 5.95. The molecule has 1 aliphatic rings. The third kappa shape index (κ3) is 43.2. The average molecular weight is 1090 g/mol. The number of unbranched alkanes of at least 4 members (excludes halogenated alkanes) is 32. The van der Waals surface area contributed by atoms with Gasteiger partial charge in [0.25, 0.3) is 0 Å². The Hall–Kier alpha value is -3.32. The molecule has 0 amide bonds. The fraction of sp³-hybridized carbons (Fsp3) is 0.815. The molecule has 0 bridgehead atoms. The second-order valence-corrected chi connectivity index (χ2v) is 21.7. The monoisotopic (exact) mass is 1090 g/mol. The van der Waals surface area contributed by atoms with Crippen molar-refractivity contribution in [2.24, 2.45) is 0 Å². The predicted octanol–water partition coefficient (Wildman–Crippen LogP) is 16.6. The van der Waals surface area contributed by atoms with Gasteiger partial charge in [0.05, 0.1) is 6.61 Å². The zero-order valence-electron chi connectivity index (χ0n) is 49.2. The van der Waals surface area contributed by atoms with E-state index >= 15 is 0 Å². The molecule has 446 valence electrons. The summed E-state index contributed by atoms with van der Waals surface area (Å²) in [5.41, 5.74) is 0. The lowest BCUT2D eigenvalue weighted by molar-refractivity contribution is -0.301. The van der Waals surface area contributed by atoms with Crippen LogP contribution in [0.3, 0.4) is 0 Å². The van der Waals surface area contributed by atoms with Gasteiger partial charge in [-0.3, -0.25) is 14.4 Å². The number of carboxylic acids is 1. The van der Waals surface area contributed by atoms with Crippen LogP contribution in [0.15, 0.2) is 48.6 Å². The summed E-state index contributed by atoms with van der Waals surface area (Å²) in [4.78, 5) is 51.1. The number of esters is 3. The fourth-order valence-electron chi connectivity index (χ4n) is 9.49. The van der Waals surface area contributed by atoms with E-state index in [4.69, 9.17) is 23.7 Å². The van der Waals surface area contributed by atoms with E-state index < -0.39 is 67.3 Å². The van der Waals surface area contributed by atoms with Crippen LogP contribution >= 0.6 is 0 Å². The van der Waals surface area contributed by atoms with Gasteiger partial charge in [0.15, 0.2) is 24.6 Å². The lowest BCUT2D eigenvalue weighted by Gasteiger charge is -2.40. The number of carbonyl (C=O) groups excluding carboxylic acids is 3. The maximum Gasteiger partial charge on any atom is 0.335 e. The molecule has 3 N–H and O–H groups in total. The molecule has 0 aromatic carbocycles. The first-order valence-electron chi connectivity index (χ1n) is 31.6. The molecule has 6 unspecified atom stereocenters. The van der Waals surface area contributed by atoms with Crippen molar-refractivity contribution in [1.29, 1.82) is 0 Å². The Morgan fingerprint density at radius 2 is 0.779 bits per heavy atom. The molecule has 1 rings (SSSR count). The van der Waals surface area contributed by atoms with E-state index in [1.807, 2.05) is 0 Å². The van der Waals surface area contributed by atoms with Crippen molar-refractivity contribution in [1.82, 2.24) is 0 Å². The van der Waals surface area contributed by atoms with Crippen molar-refractivity contribution in [2.75, 3.05) is 13.2 Å². The molecule has 0 saturated carbocycles. The van der Waals surface area contributed by atoms with Crippen LogP contribution in [0.5, 0.6) is 0 Å². The minimum Gasteiger partial charge on any atom is -0.479 e. The SMILES string of the molecule is CCCCC/C=C\C/C=C\C/C=C\CCCCCCCCC(=O)OCC(COC1OC(C(=O)O)C(O)C(O)C1OC(=O)CCCCCCCCCCC/C=C\CCCCCCCC)OC(=O)CCCCCCCCCCC. The highest BCUT2D eigenvalue weighted by Crippen LogP contribution is 2.27. The molecule has 1 saturated heterocycles. The number of hydrogen-bond acceptors (Lipinski definition) is 11. The van der Waals surface area contributed by atoms with E-state index in [9.17, 15) is 34.5 Å². The Labute approximate surface area is 469 Å². The normalized spacial score (nSPS) is 18.3. The second kappa shape index (κ2) is 53.3. The molecule has 1 heterocycles. The van der Waals surface area contributed by atoms with Crippen LogP contribution in [0.25, 0.3) is 0 Å². The number of hydrogen-bond donors (Lipinski definition) is 3. The molecule has 12 nitrogen and oxygen atoms in total. The third-order valence-electron chi connectivity index (χ3n) is 14.4. The van der Waals surface area contributed by atoms with Crippen LogP contribution in [-0.4, -0.2) is 89.2 Å². The van der Waals surface area contributed by atoms with E-state index in [1.54, 1.807) is 0 Å². The lowest BCUT2D eigenvalue weighted by Crippen LogP contribution is -2.61. The number of rotatable bonds is 54. The molecule has 1 fully saturated rings. The summed E-state index contributed by atoms with van der Waals surface area (Å²) >= 11 is 0. The standard InChI is InChI=1S/C65H114O12/c1-4-7-10-13-16-19-21-23-25-27-29-31-33-35-37-40-42-45-48-51-57(66)73-54-56(75-58(67)52-49-46-43-39-18-15-12-9-6-3)55-74-65-63(61(70)60(69)62(77-65)64(71)72)76-59(68)53-50-47-44-41-38-36-34-32-30-28-26-24-22-20-17-14-11-8-5-2/h16,19,23-26,29,31,56,60-63,65,69-70H,4-15,17-18,20-22,27-28,30,32-55H2,1-3H3,(H,71,72)/b19-16-,25-23-,26-24-,31-29-. The zero-order chi connectivity index (χ0) is 56.1. The molecule has 0 spiro atoms. The van der Waals surface area contributed by atoms with Crippen molar-refractivity contribution in [2.45, 2.75) is 327 Å².